The molecule has 5 nitrogen and oxygen atoms in total. The Labute approximate surface area is 124 Å². The highest BCUT2D eigenvalue weighted by Crippen LogP contribution is 2.24. The summed E-state index contributed by atoms with van der Waals surface area (Å²) in [5.41, 5.74) is 0.454. The minimum absolute atomic E-state index is 0.0720. The Morgan fingerprint density at radius 2 is 2.00 bits per heavy atom. The molecule has 1 unspecified atom stereocenters. The maximum atomic E-state index is 12.7. The van der Waals surface area contributed by atoms with Gasteiger partial charge in [0.1, 0.15) is 5.75 Å². The summed E-state index contributed by atoms with van der Waals surface area (Å²) in [6, 6.07) is 4.70. The molecule has 21 heavy (non-hydrogen) atoms. The average Bonchev–Trinajstić information content (AvgIpc) is 2.53. The topological polar surface area (TPSA) is 66.8 Å². The van der Waals surface area contributed by atoms with E-state index in [0.717, 1.165) is 32.2 Å². The van der Waals surface area contributed by atoms with Crippen molar-refractivity contribution in [3.63, 3.8) is 0 Å². The zero-order valence-electron chi connectivity index (χ0n) is 12.5. The molecule has 1 aromatic rings. The van der Waals surface area contributed by atoms with E-state index in [1.165, 1.54) is 19.2 Å². The van der Waals surface area contributed by atoms with Gasteiger partial charge in [-0.05, 0) is 43.9 Å². The summed E-state index contributed by atoms with van der Waals surface area (Å²) < 4.78 is 5.10. The fraction of sp³-hybridized carbons (Fsp3) is 0.500. The highest BCUT2D eigenvalue weighted by Gasteiger charge is 2.27. The maximum absolute atomic E-state index is 12.7. The maximum Gasteiger partial charge on any atom is 0.335 e. The first-order valence-electron chi connectivity index (χ1n) is 7.30. The van der Waals surface area contributed by atoms with Crippen LogP contribution in [0.4, 0.5) is 0 Å². The molecule has 1 atom stereocenters. The van der Waals surface area contributed by atoms with Crippen LogP contribution in [-0.4, -0.2) is 41.6 Å². The number of rotatable bonds is 4. The van der Waals surface area contributed by atoms with Crippen molar-refractivity contribution in [2.45, 2.75) is 38.6 Å². The number of piperidine rings is 1. The van der Waals surface area contributed by atoms with Crippen LogP contribution in [0.15, 0.2) is 18.2 Å². The van der Waals surface area contributed by atoms with Crippen molar-refractivity contribution >= 4 is 11.9 Å². The van der Waals surface area contributed by atoms with Crippen molar-refractivity contribution < 1.29 is 19.4 Å². The molecular weight excluding hydrogens is 270 g/mol. The molecule has 0 radical (unpaired) electrons. The summed E-state index contributed by atoms with van der Waals surface area (Å²) in [5, 5.41) is 9.14. The van der Waals surface area contributed by atoms with E-state index in [4.69, 9.17) is 9.84 Å². The lowest BCUT2D eigenvalue weighted by Gasteiger charge is -2.35. The Morgan fingerprint density at radius 1 is 1.29 bits per heavy atom. The first kappa shape index (κ1) is 15.4. The third kappa shape index (κ3) is 3.35. The van der Waals surface area contributed by atoms with Crippen LogP contribution >= 0.6 is 0 Å². The lowest BCUT2D eigenvalue weighted by molar-refractivity contribution is 0.0607. The van der Waals surface area contributed by atoms with Crippen LogP contribution in [0.3, 0.4) is 0 Å². The van der Waals surface area contributed by atoms with Crippen LogP contribution in [-0.2, 0) is 0 Å². The number of hydrogen-bond acceptors (Lipinski definition) is 3. The second-order valence-corrected chi connectivity index (χ2v) is 5.31. The summed E-state index contributed by atoms with van der Waals surface area (Å²) in [7, 11) is 1.46. The molecule has 1 aliphatic heterocycles. The van der Waals surface area contributed by atoms with Crippen molar-refractivity contribution in [2.24, 2.45) is 0 Å². The number of carboxylic acid groups (broad SMARTS) is 1. The molecule has 1 fully saturated rings. The molecule has 1 N–H and O–H groups in total. The van der Waals surface area contributed by atoms with Gasteiger partial charge in [-0.1, -0.05) is 6.92 Å². The van der Waals surface area contributed by atoms with Crippen molar-refractivity contribution in [3.05, 3.63) is 29.3 Å². The second-order valence-electron chi connectivity index (χ2n) is 5.31. The molecule has 5 heteroatoms. The van der Waals surface area contributed by atoms with Gasteiger partial charge in [0.05, 0.1) is 12.7 Å². The molecule has 1 amide bonds. The van der Waals surface area contributed by atoms with Gasteiger partial charge >= 0.3 is 5.97 Å². The van der Waals surface area contributed by atoms with Gasteiger partial charge in [-0.15, -0.1) is 0 Å². The highest BCUT2D eigenvalue weighted by atomic mass is 16.5. The van der Waals surface area contributed by atoms with E-state index in [1.807, 2.05) is 4.90 Å². The Balaban J connectivity index is 2.33. The molecule has 114 valence electrons. The number of aromatic carboxylic acids is 1. The molecule has 2 rings (SSSR count). The normalized spacial score (nSPS) is 18.4. The van der Waals surface area contributed by atoms with Crippen molar-refractivity contribution in [1.82, 2.24) is 4.90 Å². The zero-order valence-corrected chi connectivity index (χ0v) is 12.5. The van der Waals surface area contributed by atoms with E-state index in [-0.39, 0.29) is 17.5 Å². The van der Waals surface area contributed by atoms with Gasteiger partial charge < -0.3 is 14.7 Å². The van der Waals surface area contributed by atoms with E-state index in [9.17, 15) is 9.59 Å². The fourth-order valence-corrected chi connectivity index (χ4v) is 2.82. The number of amides is 1. The van der Waals surface area contributed by atoms with Crippen LogP contribution in [0.2, 0.25) is 0 Å². The predicted molar refractivity (Wildman–Crippen MR) is 78.9 cm³/mol. The van der Waals surface area contributed by atoms with Crippen LogP contribution in [0.1, 0.15) is 53.3 Å². The van der Waals surface area contributed by atoms with Gasteiger partial charge in [0, 0.05) is 18.2 Å². The number of carbonyl (C=O) groups is 2. The third-order valence-electron chi connectivity index (χ3n) is 4.00. The molecule has 1 aromatic carbocycles. The van der Waals surface area contributed by atoms with Crippen LogP contribution in [0.25, 0.3) is 0 Å². The quantitative estimate of drug-likeness (QED) is 0.926. The number of benzene rings is 1. The largest absolute Gasteiger partial charge is 0.497 e. The zero-order chi connectivity index (χ0) is 15.4. The molecule has 1 heterocycles. The second kappa shape index (κ2) is 6.61. The van der Waals surface area contributed by atoms with Crippen LogP contribution in [0, 0.1) is 0 Å². The number of methoxy groups -OCH3 is 1. The van der Waals surface area contributed by atoms with Gasteiger partial charge in [0.15, 0.2) is 0 Å². The van der Waals surface area contributed by atoms with Crippen molar-refractivity contribution in [3.8, 4) is 5.75 Å². The average molecular weight is 291 g/mol. The number of ether oxygens (including phenoxy) is 1. The van der Waals surface area contributed by atoms with E-state index in [0.29, 0.717) is 11.3 Å². The molecule has 1 aliphatic rings. The van der Waals surface area contributed by atoms with Crippen LogP contribution in [0.5, 0.6) is 5.75 Å². The lowest BCUT2D eigenvalue weighted by atomic mass is 9.98. The Kier molecular flexibility index (Phi) is 4.83. The monoisotopic (exact) mass is 291 g/mol. The van der Waals surface area contributed by atoms with Crippen molar-refractivity contribution in [2.75, 3.05) is 13.7 Å². The standard InChI is InChI=1S/C16H21NO4/c1-3-13-6-4-5-7-17(13)15(18)11-8-12(16(19)20)10-14(9-11)21-2/h8-10,13H,3-7H2,1-2H3,(H,19,20). The SMILES string of the molecule is CCC1CCCCN1C(=O)c1cc(OC)cc(C(=O)O)c1. The van der Waals surface area contributed by atoms with Gasteiger partial charge in [0.2, 0.25) is 0 Å². The van der Waals surface area contributed by atoms with Crippen molar-refractivity contribution in [1.29, 1.82) is 0 Å². The Bertz CT molecular complexity index is 541. The smallest absolute Gasteiger partial charge is 0.335 e. The number of hydrogen-bond donors (Lipinski definition) is 1. The molecular formula is C16H21NO4. The number of carboxylic acids is 1. The van der Waals surface area contributed by atoms with Gasteiger partial charge in [-0.3, -0.25) is 4.79 Å². The highest BCUT2D eigenvalue weighted by molar-refractivity contribution is 5.98. The summed E-state index contributed by atoms with van der Waals surface area (Å²) >= 11 is 0. The fourth-order valence-electron chi connectivity index (χ4n) is 2.82. The summed E-state index contributed by atoms with van der Waals surface area (Å²) in [6.07, 6.45) is 4.07. The predicted octanol–water partition coefficient (Wildman–Crippen LogP) is 2.80. The molecule has 0 saturated carbocycles. The minimum Gasteiger partial charge on any atom is -0.497 e. The Morgan fingerprint density at radius 3 is 2.62 bits per heavy atom. The lowest BCUT2D eigenvalue weighted by Crippen LogP contribution is -2.43. The third-order valence-corrected chi connectivity index (χ3v) is 4.00. The molecule has 0 aromatic heterocycles. The van der Waals surface area contributed by atoms with Gasteiger partial charge in [-0.2, -0.15) is 0 Å². The van der Waals surface area contributed by atoms with Gasteiger partial charge in [-0.25, -0.2) is 4.79 Å². The summed E-state index contributed by atoms with van der Waals surface area (Å²) in [4.78, 5) is 25.7. The molecule has 0 bridgehead atoms. The molecule has 1 saturated heterocycles. The number of likely N-dealkylation sites (tertiary alicyclic amines) is 1. The van der Waals surface area contributed by atoms with E-state index in [1.54, 1.807) is 6.07 Å². The summed E-state index contributed by atoms with van der Waals surface area (Å²) in [6.45, 7) is 2.81. The first-order chi connectivity index (χ1) is 10.1. The van der Waals surface area contributed by atoms with E-state index < -0.39 is 5.97 Å². The van der Waals surface area contributed by atoms with E-state index in [2.05, 4.69) is 6.92 Å². The summed E-state index contributed by atoms with van der Waals surface area (Å²) in [5.74, 6) is -0.778. The first-order valence-corrected chi connectivity index (χ1v) is 7.30. The molecule has 0 spiro atoms. The van der Waals surface area contributed by atoms with E-state index >= 15 is 0 Å². The minimum atomic E-state index is -1.06. The number of nitrogens with zero attached hydrogens (tertiary/aromatic N) is 1. The number of carbonyl (C=O) groups excluding carboxylic acids is 1. The van der Waals surface area contributed by atoms with Crippen LogP contribution < -0.4 is 4.74 Å². The Hall–Kier alpha value is -2.04. The molecule has 0 aliphatic carbocycles. The van der Waals surface area contributed by atoms with Gasteiger partial charge in [0.25, 0.3) is 5.91 Å².